The Hall–Kier alpha value is -5.16. The zero-order valence-corrected chi connectivity index (χ0v) is 50.7. The fourth-order valence-corrected chi connectivity index (χ4v) is 15.9. The number of amides is 2. The Morgan fingerprint density at radius 3 is 1.18 bits per heavy atom. The molecule has 468 valence electrons. The summed E-state index contributed by atoms with van der Waals surface area (Å²) in [6.45, 7) is 6.02. The molecule has 0 saturated carbocycles. The van der Waals surface area contributed by atoms with Crippen molar-refractivity contribution in [3.05, 3.63) is 107 Å². The van der Waals surface area contributed by atoms with Gasteiger partial charge in [0.2, 0.25) is 0 Å². The average Bonchev–Trinajstić information content (AvgIpc) is 2.62. The van der Waals surface area contributed by atoms with Gasteiger partial charge in [-0.05, 0) is 109 Å². The van der Waals surface area contributed by atoms with Crippen LogP contribution in [-0.4, -0.2) is 204 Å². The van der Waals surface area contributed by atoms with Gasteiger partial charge in [-0.1, -0.05) is 77.6 Å². The van der Waals surface area contributed by atoms with E-state index in [1.54, 1.807) is 72.8 Å². The Morgan fingerprint density at radius 1 is 0.536 bits per heavy atom. The molecule has 14 N–H and O–H groups in total. The van der Waals surface area contributed by atoms with Gasteiger partial charge in [-0.3, -0.25) is 9.59 Å². The van der Waals surface area contributed by atoms with Crippen LogP contribution in [0.15, 0.2) is 94.7 Å². The number of sulfone groups is 2. The van der Waals surface area contributed by atoms with E-state index in [2.05, 4.69) is 10.6 Å². The molecule has 22 nitrogen and oxygen atoms in total. The first-order valence-electron chi connectivity index (χ1n) is 28.4. The monoisotopic (exact) mass is 1220 g/mol. The Bertz CT molecular complexity index is 2870. The molecule has 84 heavy (non-hydrogen) atoms. The Labute approximate surface area is 492 Å². The summed E-state index contributed by atoms with van der Waals surface area (Å²) in [5.74, 6) is -4.11. The van der Waals surface area contributed by atoms with Crippen molar-refractivity contribution in [1.29, 1.82) is 0 Å². The van der Waals surface area contributed by atoms with Gasteiger partial charge in [-0.15, -0.1) is 0 Å². The van der Waals surface area contributed by atoms with Crippen LogP contribution in [0.25, 0.3) is 0 Å². The lowest BCUT2D eigenvalue weighted by Gasteiger charge is -2.39. The van der Waals surface area contributed by atoms with Gasteiger partial charge in [0, 0.05) is 73.6 Å². The first kappa shape index (κ1) is 69.6. The van der Waals surface area contributed by atoms with E-state index in [1.165, 1.54) is 12.1 Å². The summed E-state index contributed by atoms with van der Waals surface area (Å²) in [6, 6.07) is 23.1. The first-order valence-corrected chi connectivity index (χ1v) is 31.7. The SMILES string of the molecule is CCCC[C@@]1(CC)CS(=O)(=O)c2ccc(N(C)C)cc2[C@H](c2cccc(NC(=O)[C@H](O)[C@@H](O)[C@H](O)[C@H](O)CO)c2)[C@@H]1O.CCCC[C@]1(CC)CS(=O)(=O)c2ccc(N(C)C)cc2[C@@H](c2cccc(NC(=O)[C@H](O)[C@@H](O)[C@H](O)[C@H](O)CO)c2)[C@H]1O. The lowest BCUT2D eigenvalue weighted by Crippen LogP contribution is -2.50. The number of anilines is 4. The van der Waals surface area contributed by atoms with Crippen LogP contribution in [-0.2, 0) is 29.3 Å². The summed E-state index contributed by atoms with van der Waals surface area (Å²) in [5.41, 5.74) is 2.00. The number of benzene rings is 4. The number of carbonyl (C=O) groups excluding carboxylic acids is 2. The summed E-state index contributed by atoms with van der Waals surface area (Å²) >= 11 is 0. The number of aliphatic hydroxyl groups excluding tert-OH is 12. The van der Waals surface area contributed by atoms with Crippen molar-refractivity contribution in [3.8, 4) is 0 Å². The Balaban J connectivity index is 0.000000307. The fraction of sp³-hybridized carbons (Fsp3) is 0.567. The number of hydrogen-bond donors (Lipinski definition) is 14. The Morgan fingerprint density at radius 2 is 0.881 bits per heavy atom. The zero-order valence-electron chi connectivity index (χ0n) is 49.0. The van der Waals surface area contributed by atoms with Crippen molar-refractivity contribution < 1.29 is 87.7 Å². The normalized spacial score (nSPS) is 24.5. The maximum atomic E-state index is 13.8. The predicted molar refractivity (Wildman–Crippen MR) is 318 cm³/mol. The number of nitrogens with zero attached hydrogens (tertiary/aromatic N) is 2. The number of rotatable bonds is 24. The molecule has 0 unspecified atom stereocenters. The highest BCUT2D eigenvalue weighted by Crippen LogP contribution is 2.51. The molecular formula is C60H88N4O18S2. The summed E-state index contributed by atoms with van der Waals surface area (Å²) in [4.78, 5) is 29.5. The minimum Gasteiger partial charge on any atom is -0.394 e. The van der Waals surface area contributed by atoms with Crippen LogP contribution >= 0.6 is 0 Å². The van der Waals surface area contributed by atoms with Crippen molar-refractivity contribution in [3.63, 3.8) is 0 Å². The van der Waals surface area contributed by atoms with E-state index in [9.17, 15) is 77.5 Å². The van der Waals surface area contributed by atoms with Gasteiger partial charge >= 0.3 is 0 Å². The highest BCUT2D eigenvalue weighted by atomic mass is 32.2. The summed E-state index contributed by atoms with van der Waals surface area (Å²) in [5, 5.41) is 127. The van der Waals surface area contributed by atoms with E-state index in [0.717, 1.165) is 37.1 Å². The fourth-order valence-electron chi connectivity index (χ4n) is 11.4. The number of unbranched alkanes of at least 4 members (excludes halogenated alkanes) is 2. The molecule has 0 spiro atoms. The van der Waals surface area contributed by atoms with Crippen LogP contribution in [0.2, 0.25) is 0 Å². The number of carbonyl (C=O) groups is 2. The third kappa shape index (κ3) is 15.5. The molecule has 2 heterocycles. The largest absolute Gasteiger partial charge is 0.394 e. The van der Waals surface area contributed by atoms with E-state index < -0.39 is 128 Å². The average molecular weight is 1220 g/mol. The molecule has 0 aromatic heterocycles. The zero-order chi connectivity index (χ0) is 62.8. The van der Waals surface area contributed by atoms with Crippen molar-refractivity contribution >= 4 is 54.2 Å². The topological polar surface area (TPSA) is 376 Å². The van der Waals surface area contributed by atoms with E-state index >= 15 is 0 Å². The number of hydrogen-bond acceptors (Lipinski definition) is 20. The molecular weight excluding hydrogens is 1130 g/mol. The van der Waals surface area contributed by atoms with Crippen molar-refractivity contribution in [1.82, 2.24) is 0 Å². The second kappa shape index (κ2) is 29.5. The highest BCUT2D eigenvalue weighted by Gasteiger charge is 2.51. The minimum absolute atomic E-state index is 0.147. The lowest BCUT2D eigenvalue weighted by atomic mass is 9.69. The second-order valence-electron chi connectivity index (χ2n) is 22.8. The molecule has 2 amide bonds. The molecule has 0 radical (unpaired) electrons. The maximum absolute atomic E-state index is 13.8. The van der Waals surface area contributed by atoms with Crippen LogP contribution in [0, 0.1) is 10.8 Å². The molecule has 0 saturated heterocycles. The molecule has 2 aliphatic rings. The van der Waals surface area contributed by atoms with E-state index in [0.29, 0.717) is 47.9 Å². The number of aliphatic hydroxyl groups is 12. The van der Waals surface area contributed by atoms with Crippen LogP contribution in [0.1, 0.15) is 113 Å². The second-order valence-corrected chi connectivity index (χ2v) is 26.7. The van der Waals surface area contributed by atoms with Gasteiger partial charge in [-0.25, -0.2) is 16.8 Å². The van der Waals surface area contributed by atoms with Crippen molar-refractivity contribution in [2.24, 2.45) is 10.8 Å². The lowest BCUT2D eigenvalue weighted by molar-refractivity contribution is -0.144. The van der Waals surface area contributed by atoms with Crippen molar-refractivity contribution in [2.45, 2.75) is 162 Å². The standard InChI is InChI=1S/2C30H44N2O9S/c2*1-5-7-13-30(6-2)17-42(40,41)23-12-11-20(32(3)4)15-21(23)24(28(30)38)18-9-8-10-19(14-18)31-29(39)27(37)26(36)25(35)22(34)16-33/h2*8-12,14-15,22,24-28,33-38H,5-7,13,16-17H2,1-4H3,(H,31,39)/t22-,24+,25-,26+,27-,28+,30+;22-,24-,25-,26+,27-,28-,30-/m11/s1. The van der Waals surface area contributed by atoms with Crippen LogP contribution in [0.4, 0.5) is 22.7 Å². The molecule has 24 heteroatoms. The van der Waals surface area contributed by atoms with E-state index in [-0.39, 0.29) is 32.7 Å². The van der Waals surface area contributed by atoms with Gasteiger partial charge in [0.05, 0.1) is 46.7 Å². The predicted octanol–water partition coefficient (Wildman–Crippen LogP) is 1.99. The third-order valence-electron chi connectivity index (χ3n) is 16.7. The summed E-state index contributed by atoms with van der Waals surface area (Å²) < 4.78 is 55.3. The molecule has 6 rings (SSSR count). The Kier molecular flexibility index (Phi) is 24.4. The molecule has 2 aliphatic heterocycles. The van der Waals surface area contributed by atoms with E-state index in [1.807, 2.05) is 65.7 Å². The van der Waals surface area contributed by atoms with Crippen LogP contribution in [0.5, 0.6) is 0 Å². The van der Waals surface area contributed by atoms with Gasteiger partial charge in [0.25, 0.3) is 11.8 Å². The number of nitrogens with one attached hydrogen (secondary N) is 2. The van der Waals surface area contributed by atoms with Crippen LogP contribution < -0.4 is 20.4 Å². The van der Waals surface area contributed by atoms with Gasteiger partial charge in [0.1, 0.15) is 36.6 Å². The molecule has 0 fully saturated rings. The number of fused-ring (bicyclic) bond motifs is 2. The maximum Gasteiger partial charge on any atom is 0.256 e. The van der Waals surface area contributed by atoms with Gasteiger partial charge < -0.3 is 81.7 Å². The summed E-state index contributed by atoms with van der Waals surface area (Å²) in [7, 11) is -0.224. The molecule has 14 atom stereocenters. The van der Waals surface area contributed by atoms with Gasteiger partial charge in [-0.2, -0.15) is 0 Å². The first-order chi connectivity index (χ1) is 39.4. The minimum atomic E-state index is -3.78. The molecule has 4 aromatic carbocycles. The van der Waals surface area contributed by atoms with Crippen LogP contribution in [0.3, 0.4) is 0 Å². The van der Waals surface area contributed by atoms with Crippen molar-refractivity contribution in [2.75, 3.05) is 73.3 Å². The highest BCUT2D eigenvalue weighted by molar-refractivity contribution is 7.91. The molecule has 0 aliphatic carbocycles. The molecule has 0 bridgehead atoms. The van der Waals surface area contributed by atoms with Gasteiger partial charge in [0.15, 0.2) is 31.9 Å². The van der Waals surface area contributed by atoms with E-state index in [4.69, 9.17) is 10.2 Å². The smallest absolute Gasteiger partial charge is 0.256 e. The molecule has 4 aromatic rings. The summed E-state index contributed by atoms with van der Waals surface area (Å²) in [6.07, 6.45) is -13.1. The third-order valence-corrected chi connectivity index (χ3v) is 20.7. The quantitative estimate of drug-likeness (QED) is 0.0477.